The van der Waals surface area contributed by atoms with Crippen LogP contribution in [-0.4, -0.2) is 51.6 Å². The van der Waals surface area contributed by atoms with E-state index in [1.165, 1.54) is 0 Å². The maximum absolute atomic E-state index is 13.1. The highest BCUT2D eigenvalue weighted by Crippen LogP contribution is 2.27. The maximum atomic E-state index is 13.1. The van der Waals surface area contributed by atoms with Gasteiger partial charge in [-0.1, -0.05) is 6.07 Å². The number of pyridine rings is 2. The first-order valence-corrected chi connectivity index (χ1v) is 13.5. The van der Waals surface area contributed by atoms with Crippen LogP contribution >= 0.6 is 0 Å². The van der Waals surface area contributed by atoms with E-state index >= 15 is 0 Å². The van der Waals surface area contributed by atoms with Gasteiger partial charge in [0.2, 0.25) is 0 Å². The van der Waals surface area contributed by atoms with Crippen molar-refractivity contribution in [3.05, 3.63) is 76.9 Å². The van der Waals surface area contributed by atoms with Crippen LogP contribution in [0.2, 0.25) is 0 Å². The molecule has 0 bridgehead atoms. The van der Waals surface area contributed by atoms with E-state index in [0.717, 1.165) is 59.6 Å². The molecule has 3 heterocycles. The molecule has 1 aliphatic heterocycles. The van der Waals surface area contributed by atoms with Crippen molar-refractivity contribution < 1.29 is 14.3 Å². The van der Waals surface area contributed by atoms with Gasteiger partial charge >= 0.3 is 6.09 Å². The first-order valence-electron chi connectivity index (χ1n) is 13.5. The van der Waals surface area contributed by atoms with Gasteiger partial charge in [0.1, 0.15) is 11.3 Å². The normalized spacial score (nSPS) is 16.0. The number of aromatic nitrogens is 2. The van der Waals surface area contributed by atoms with E-state index in [1.54, 1.807) is 6.07 Å². The molecule has 2 aromatic heterocycles. The number of anilines is 1. The number of nitrogens with zero attached hydrogens (tertiary/aromatic N) is 3. The first-order chi connectivity index (χ1) is 18.4. The lowest BCUT2D eigenvalue weighted by Gasteiger charge is -2.33. The van der Waals surface area contributed by atoms with Crippen LogP contribution in [0.4, 0.5) is 10.5 Å². The van der Waals surface area contributed by atoms with Gasteiger partial charge < -0.3 is 15.4 Å². The van der Waals surface area contributed by atoms with Gasteiger partial charge in [0.15, 0.2) is 0 Å². The Kier molecular flexibility index (Phi) is 8.65. The highest BCUT2D eigenvalue weighted by Gasteiger charge is 2.24. The summed E-state index contributed by atoms with van der Waals surface area (Å²) in [7, 11) is 0. The number of amides is 2. The van der Waals surface area contributed by atoms with Crippen LogP contribution in [0.5, 0.6) is 0 Å². The Hall–Kier alpha value is -3.78. The Morgan fingerprint density at radius 1 is 1.03 bits per heavy atom. The number of hydrogen-bond donors (Lipinski definition) is 2. The van der Waals surface area contributed by atoms with Gasteiger partial charge in [-0.05, 0) is 114 Å². The van der Waals surface area contributed by atoms with Gasteiger partial charge in [0, 0.05) is 48.0 Å². The number of aryl methyl sites for hydroxylation is 3. The number of piperidine rings is 1. The molecule has 8 heteroatoms. The fraction of sp³-hybridized carbons (Fsp3) is 0.419. The number of nitrogens with one attached hydrogen (secondary N) is 2. The molecule has 3 aromatic rings. The molecule has 1 fully saturated rings. The lowest BCUT2D eigenvalue weighted by molar-refractivity contribution is 0.0470. The Bertz CT molecular complexity index is 1310. The van der Waals surface area contributed by atoms with E-state index in [4.69, 9.17) is 4.74 Å². The number of likely N-dealkylation sites (tertiary alicyclic amines) is 1. The second-order valence-corrected chi connectivity index (χ2v) is 11.5. The topological polar surface area (TPSA) is 96.5 Å². The lowest BCUT2D eigenvalue weighted by atomic mass is 10.0. The van der Waals surface area contributed by atoms with E-state index in [9.17, 15) is 9.59 Å². The summed E-state index contributed by atoms with van der Waals surface area (Å²) < 4.78 is 5.45. The first kappa shape index (κ1) is 28.2. The van der Waals surface area contributed by atoms with Crippen LogP contribution < -0.4 is 10.6 Å². The molecule has 8 nitrogen and oxygen atoms in total. The third kappa shape index (κ3) is 8.35. The standard InChI is InChI=1S/C31H39N5O3/c1-20-12-22(3)33-28(13-20)29(37)34-27-15-23(14-25(16-27)24-10-9-21(2)32-17-24)18-36-11-7-8-26(19-36)35-30(38)39-31(4,5)6/h9-10,12-17,26H,7-8,11,18-19H2,1-6H3,(H,34,37)(H,35,38)/t26-/m0/s1. The van der Waals surface area contributed by atoms with E-state index < -0.39 is 5.60 Å². The van der Waals surface area contributed by atoms with Crippen molar-refractivity contribution in [2.24, 2.45) is 0 Å². The summed E-state index contributed by atoms with van der Waals surface area (Å²) in [6, 6.07) is 13.9. The molecule has 1 aromatic carbocycles. The molecule has 0 saturated carbocycles. The van der Waals surface area contributed by atoms with E-state index in [2.05, 4.69) is 31.6 Å². The Labute approximate surface area is 231 Å². The fourth-order valence-electron chi connectivity index (χ4n) is 4.86. The molecule has 0 radical (unpaired) electrons. The number of ether oxygens (including phenoxy) is 1. The monoisotopic (exact) mass is 529 g/mol. The molecule has 2 N–H and O–H groups in total. The minimum absolute atomic E-state index is 0.0212. The average Bonchev–Trinajstić information content (AvgIpc) is 2.82. The average molecular weight is 530 g/mol. The molecular formula is C31H39N5O3. The molecule has 1 atom stereocenters. The van der Waals surface area contributed by atoms with E-state index in [0.29, 0.717) is 17.9 Å². The van der Waals surface area contributed by atoms with Gasteiger partial charge in [-0.15, -0.1) is 0 Å². The van der Waals surface area contributed by atoms with Crippen molar-refractivity contribution in [3.63, 3.8) is 0 Å². The third-order valence-electron chi connectivity index (χ3n) is 6.46. The van der Waals surface area contributed by atoms with Crippen molar-refractivity contribution in [1.82, 2.24) is 20.2 Å². The summed E-state index contributed by atoms with van der Waals surface area (Å²) in [5.74, 6) is -0.244. The second kappa shape index (κ2) is 11.9. The molecule has 2 amide bonds. The minimum Gasteiger partial charge on any atom is -0.444 e. The Morgan fingerprint density at radius 3 is 2.51 bits per heavy atom. The fourth-order valence-corrected chi connectivity index (χ4v) is 4.86. The second-order valence-electron chi connectivity index (χ2n) is 11.5. The molecule has 1 aliphatic rings. The van der Waals surface area contributed by atoms with Crippen LogP contribution in [0.15, 0.2) is 48.7 Å². The van der Waals surface area contributed by atoms with Crippen LogP contribution in [0.1, 0.15) is 66.6 Å². The van der Waals surface area contributed by atoms with Crippen molar-refractivity contribution >= 4 is 17.7 Å². The quantitative estimate of drug-likeness (QED) is 0.418. The van der Waals surface area contributed by atoms with Crippen molar-refractivity contribution in [3.8, 4) is 11.1 Å². The van der Waals surface area contributed by atoms with Crippen molar-refractivity contribution in [2.75, 3.05) is 18.4 Å². The number of carbonyl (C=O) groups is 2. The lowest BCUT2D eigenvalue weighted by Crippen LogP contribution is -2.48. The zero-order chi connectivity index (χ0) is 28.2. The number of benzene rings is 1. The summed E-state index contributed by atoms with van der Waals surface area (Å²) in [5.41, 5.74) is 6.33. The molecule has 1 saturated heterocycles. The summed E-state index contributed by atoms with van der Waals surface area (Å²) in [6.07, 6.45) is 3.36. The van der Waals surface area contributed by atoms with Crippen molar-refractivity contribution in [2.45, 2.75) is 72.6 Å². The SMILES string of the molecule is Cc1cc(C)nc(C(=O)Nc2cc(CN3CCC[C@H](NC(=O)OC(C)(C)C)C3)cc(-c3ccc(C)nc3)c2)c1. The zero-order valence-electron chi connectivity index (χ0n) is 23.8. The third-order valence-corrected chi connectivity index (χ3v) is 6.46. The minimum atomic E-state index is -0.531. The van der Waals surface area contributed by atoms with Crippen LogP contribution in [0.25, 0.3) is 11.1 Å². The van der Waals surface area contributed by atoms with Gasteiger partial charge in [0.25, 0.3) is 5.91 Å². The maximum Gasteiger partial charge on any atom is 0.407 e. The molecule has 0 spiro atoms. The van der Waals surface area contributed by atoms with Gasteiger partial charge in [-0.2, -0.15) is 0 Å². The van der Waals surface area contributed by atoms with E-state index in [1.807, 2.05) is 78.1 Å². The van der Waals surface area contributed by atoms with Gasteiger partial charge in [-0.3, -0.25) is 14.7 Å². The number of hydrogen-bond acceptors (Lipinski definition) is 6. The predicted molar refractivity (Wildman–Crippen MR) is 154 cm³/mol. The number of rotatable bonds is 6. The molecule has 0 aliphatic carbocycles. The van der Waals surface area contributed by atoms with Crippen LogP contribution in [0.3, 0.4) is 0 Å². The molecule has 206 valence electrons. The predicted octanol–water partition coefficient (Wildman–Crippen LogP) is 5.81. The Morgan fingerprint density at radius 2 is 1.82 bits per heavy atom. The Balaban J connectivity index is 1.54. The molecule has 4 rings (SSSR count). The largest absolute Gasteiger partial charge is 0.444 e. The van der Waals surface area contributed by atoms with Gasteiger partial charge in [0.05, 0.1) is 0 Å². The number of alkyl carbamates (subject to hydrolysis) is 1. The molecule has 0 unspecified atom stereocenters. The smallest absolute Gasteiger partial charge is 0.407 e. The summed E-state index contributed by atoms with van der Waals surface area (Å²) >= 11 is 0. The molecular weight excluding hydrogens is 490 g/mol. The van der Waals surface area contributed by atoms with Gasteiger partial charge in [-0.25, -0.2) is 9.78 Å². The zero-order valence-corrected chi connectivity index (χ0v) is 23.8. The van der Waals surface area contributed by atoms with E-state index in [-0.39, 0.29) is 18.0 Å². The summed E-state index contributed by atoms with van der Waals surface area (Å²) in [6.45, 7) is 13.7. The number of carbonyl (C=O) groups excluding carboxylic acids is 2. The summed E-state index contributed by atoms with van der Waals surface area (Å²) in [4.78, 5) is 36.6. The summed E-state index contributed by atoms with van der Waals surface area (Å²) in [5, 5.41) is 6.08. The highest BCUT2D eigenvalue weighted by atomic mass is 16.6. The van der Waals surface area contributed by atoms with Crippen LogP contribution in [-0.2, 0) is 11.3 Å². The van der Waals surface area contributed by atoms with Crippen LogP contribution in [0, 0.1) is 20.8 Å². The van der Waals surface area contributed by atoms with Crippen molar-refractivity contribution in [1.29, 1.82) is 0 Å². The highest BCUT2D eigenvalue weighted by molar-refractivity contribution is 6.03. The molecule has 39 heavy (non-hydrogen) atoms.